The minimum atomic E-state index is 0.0288. The minimum absolute atomic E-state index is 0.0288. The van der Waals surface area contributed by atoms with Gasteiger partial charge in [-0.2, -0.15) is 0 Å². The second kappa shape index (κ2) is 10.8. The van der Waals surface area contributed by atoms with E-state index in [1.165, 1.54) is 11.3 Å². The van der Waals surface area contributed by atoms with Gasteiger partial charge in [-0.05, 0) is 75.2 Å². The second-order valence-corrected chi connectivity index (χ2v) is 10.7. The Labute approximate surface area is 222 Å². The molecule has 190 valence electrons. The third kappa shape index (κ3) is 5.56. The van der Waals surface area contributed by atoms with E-state index in [9.17, 15) is 4.79 Å². The van der Waals surface area contributed by atoms with Crippen LogP contribution in [0.25, 0.3) is 11.5 Å². The first-order chi connectivity index (χ1) is 17.4. The van der Waals surface area contributed by atoms with Crippen molar-refractivity contribution in [3.63, 3.8) is 0 Å². The summed E-state index contributed by atoms with van der Waals surface area (Å²) in [4.78, 5) is 24.9. The summed E-state index contributed by atoms with van der Waals surface area (Å²) in [5.41, 5.74) is 4.22. The Balaban J connectivity index is 1.18. The molecule has 0 spiro atoms. The average molecular weight is 527 g/mol. The van der Waals surface area contributed by atoms with Crippen LogP contribution in [0.4, 0.5) is 5.69 Å². The number of aromatic nitrogens is 1. The van der Waals surface area contributed by atoms with Crippen molar-refractivity contribution >= 4 is 34.8 Å². The quantitative estimate of drug-likeness (QED) is 0.418. The van der Waals surface area contributed by atoms with E-state index in [0.717, 1.165) is 74.2 Å². The normalized spacial score (nSPS) is 19.1. The lowest BCUT2D eigenvalue weighted by Gasteiger charge is -2.40. The molecule has 0 aliphatic carbocycles. The first-order valence-corrected chi connectivity index (χ1v) is 13.4. The number of nitrogens with zero attached hydrogens (tertiary/aromatic N) is 4. The van der Waals surface area contributed by atoms with E-state index in [1.54, 1.807) is 0 Å². The van der Waals surface area contributed by atoms with E-state index in [2.05, 4.69) is 22.8 Å². The molecule has 3 heterocycles. The highest BCUT2D eigenvalue weighted by Gasteiger charge is 2.32. The summed E-state index contributed by atoms with van der Waals surface area (Å²) in [6.07, 6.45) is 1.95. The van der Waals surface area contributed by atoms with E-state index in [1.807, 2.05) is 48.2 Å². The molecule has 2 aromatic carbocycles. The highest BCUT2D eigenvalue weighted by molar-refractivity contribution is 6.31. The van der Waals surface area contributed by atoms with Crippen LogP contribution in [0, 0.1) is 19.8 Å². The fourth-order valence-electron chi connectivity index (χ4n) is 5.25. The van der Waals surface area contributed by atoms with Crippen molar-refractivity contribution in [1.29, 1.82) is 0 Å². The van der Waals surface area contributed by atoms with Gasteiger partial charge in [0, 0.05) is 60.6 Å². The maximum absolute atomic E-state index is 13.4. The van der Waals surface area contributed by atoms with E-state index >= 15 is 0 Å². The van der Waals surface area contributed by atoms with Crippen LogP contribution >= 0.6 is 23.2 Å². The summed E-state index contributed by atoms with van der Waals surface area (Å²) in [7, 11) is 0. The molecule has 0 N–H and O–H groups in total. The number of benzene rings is 2. The van der Waals surface area contributed by atoms with Gasteiger partial charge in [0.15, 0.2) is 0 Å². The number of amides is 1. The van der Waals surface area contributed by atoms with Crippen LogP contribution in [0.15, 0.2) is 46.9 Å². The predicted molar refractivity (Wildman–Crippen MR) is 145 cm³/mol. The molecule has 6 nitrogen and oxygen atoms in total. The second-order valence-electron chi connectivity index (χ2n) is 9.85. The number of aryl methyl sites for hydroxylation is 2. The van der Waals surface area contributed by atoms with Crippen LogP contribution < -0.4 is 4.90 Å². The molecule has 8 heteroatoms. The van der Waals surface area contributed by atoms with Crippen molar-refractivity contribution in [1.82, 2.24) is 14.8 Å². The van der Waals surface area contributed by atoms with Crippen LogP contribution in [-0.2, 0) is 11.3 Å². The molecule has 1 aromatic heterocycles. The Morgan fingerprint density at radius 3 is 2.47 bits per heavy atom. The van der Waals surface area contributed by atoms with Crippen LogP contribution in [0.2, 0.25) is 10.0 Å². The van der Waals surface area contributed by atoms with Crippen molar-refractivity contribution in [2.24, 2.45) is 5.92 Å². The number of piperazine rings is 1. The van der Waals surface area contributed by atoms with Crippen molar-refractivity contribution in [2.45, 2.75) is 33.2 Å². The molecule has 3 aromatic rings. The van der Waals surface area contributed by atoms with Crippen LogP contribution in [0.5, 0.6) is 0 Å². The molecular weight excluding hydrogens is 495 g/mol. The molecular formula is C28H32Cl2N4O2. The number of hydrogen-bond donors (Lipinski definition) is 0. The molecule has 5 rings (SSSR count). The number of likely N-dealkylation sites (tertiary alicyclic amines) is 1. The molecule has 36 heavy (non-hydrogen) atoms. The standard InChI is InChI=1S/C28H32Cl2N4O2/c1-19-5-8-24(30)16-26(19)33-12-14-34(15-13-33)28(35)22-4-3-11-32(17-22)18-25-20(2)36-27(31-25)21-6-9-23(29)10-7-21/h5-10,16,22H,3-4,11-15,17-18H2,1-2H3/t22-/m1/s1. The van der Waals surface area contributed by atoms with Gasteiger partial charge in [-0.1, -0.05) is 29.3 Å². The number of piperidine rings is 1. The fraction of sp³-hybridized carbons (Fsp3) is 0.429. The number of halogens is 2. The number of rotatable bonds is 5. The van der Waals surface area contributed by atoms with Gasteiger partial charge in [-0.3, -0.25) is 9.69 Å². The van der Waals surface area contributed by atoms with Gasteiger partial charge < -0.3 is 14.2 Å². The van der Waals surface area contributed by atoms with Gasteiger partial charge in [0.05, 0.1) is 11.6 Å². The highest BCUT2D eigenvalue weighted by atomic mass is 35.5. The third-order valence-corrected chi connectivity index (χ3v) is 7.80. The Morgan fingerprint density at radius 1 is 1.00 bits per heavy atom. The summed E-state index contributed by atoms with van der Waals surface area (Å²) >= 11 is 12.2. The molecule has 1 atom stereocenters. The molecule has 0 saturated carbocycles. The monoisotopic (exact) mass is 526 g/mol. The van der Waals surface area contributed by atoms with Crippen molar-refractivity contribution in [2.75, 3.05) is 44.2 Å². The summed E-state index contributed by atoms with van der Waals surface area (Å²) < 4.78 is 5.94. The largest absolute Gasteiger partial charge is 0.441 e. The van der Waals surface area contributed by atoms with Crippen molar-refractivity contribution in [3.8, 4) is 11.5 Å². The van der Waals surface area contributed by atoms with Gasteiger partial charge >= 0.3 is 0 Å². The zero-order chi connectivity index (χ0) is 25.2. The molecule has 1 amide bonds. The Hall–Kier alpha value is -2.54. The van der Waals surface area contributed by atoms with Gasteiger partial charge in [0.25, 0.3) is 0 Å². The van der Waals surface area contributed by atoms with Gasteiger partial charge in [-0.25, -0.2) is 4.98 Å². The van der Waals surface area contributed by atoms with E-state index in [0.29, 0.717) is 17.5 Å². The summed E-state index contributed by atoms with van der Waals surface area (Å²) in [6.45, 7) is 9.62. The molecule has 0 bridgehead atoms. The van der Waals surface area contributed by atoms with Crippen molar-refractivity contribution < 1.29 is 9.21 Å². The smallest absolute Gasteiger partial charge is 0.227 e. The van der Waals surface area contributed by atoms with Gasteiger partial charge in [0.2, 0.25) is 11.8 Å². The van der Waals surface area contributed by atoms with Gasteiger partial charge in [0.1, 0.15) is 5.76 Å². The first-order valence-electron chi connectivity index (χ1n) is 12.6. The topological polar surface area (TPSA) is 52.8 Å². The summed E-state index contributed by atoms with van der Waals surface area (Å²) in [5.74, 6) is 1.74. The zero-order valence-corrected chi connectivity index (χ0v) is 22.4. The van der Waals surface area contributed by atoms with Crippen LogP contribution in [0.3, 0.4) is 0 Å². The molecule has 0 unspecified atom stereocenters. The Kier molecular flexibility index (Phi) is 7.56. The lowest BCUT2D eigenvalue weighted by molar-refractivity contribution is -0.137. The molecule has 0 radical (unpaired) electrons. The van der Waals surface area contributed by atoms with Crippen LogP contribution in [0.1, 0.15) is 29.9 Å². The predicted octanol–water partition coefficient (Wildman–Crippen LogP) is 5.83. The maximum Gasteiger partial charge on any atom is 0.227 e. The highest BCUT2D eigenvalue weighted by Crippen LogP contribution is 2.28. The third-order valence-electron chi connectivity index (χ3n) is 7.32. The minimum Gasteiger partial charge on any atom is -0.441 e. The lowest BCUT2D eigenvalue weighted by Crippen LogP contribution is -2.52. The molecule has 2 fully saturated rings. The number of hydrogen-bond acceptors (Lipinski definition) is 5. The summed E-state index contributed by atoms with van der Waals surface area (Å²) in [6, 6.07) is 13.5. The SMILES string of the molecule is Cc1ccc(Cl)cc1N1CCN(C(=O)[C@@H]2CCCN(Cc3nc(-c4ccc(Cl)cc4)oc3C)C2)CC1. The molecule has 2 aliphatic rings. The fourth-order valence-corrected chi connectivity index (χ4v) is 5.54. The van der Waals surface area contributed by atoms with E-state index in [4.69, 9.17) is 32.6 Å². The molecule has 2 aliphatic heterocycles. The first kappa shape index (κ1) is 25.1. The Bertz CT molecular complexity index is 1220. The van der Waals surface area contributed by atoms with E-state index < -0.39 is 0 Å². The van der Waals surface area contributed by atoms with Gasteiger partial charge in [-0.15, -0.1) is 0 Å². The van der Waals surface area contributed by atoms with Crippen molar-refractivity contribution in [3.05, 3.63) is 69.5 Å². The summed E-state index contributed by atoms with van der Waals surface area (Å²) in [5, 5.41) is 1.44. The number of oxazole rings is 1. The maximum atomic E-state index is 13.4. The molecule has 2 saturated heterocycles. The zero-order valence-electron chi connectivity index (χ0n) is 20.8. The lowest BCUT2D eigenvalue weighted by atomic mass is 9.96. The number of carbonyl (C=O) groups is 1. The van der Waals surface area contributed by atoms with Crippen LogP contribution in [-0.4, -0.2) is 60.0 Å². The number of carbonyl (C=O) groups excluding carboxylic acids is 1. The van der Waals surface area contributed by atoms with E-state index in [-0.39, 0.29) is 11.8 Å². The Morgan fingerprint density at radius 2 is 1.72 bits per heavy atom. The number of anilines is 1. The average Bonchev–Trinajstić information content (AvgIpc) is 3.25.